The second-order valence-electron chi connectivity index (χ2n) is 4.96. The Bertz CT molecular complexity index is 350. The molecule has 0 spiro atoms. The lowest BCUT2D eigenvalue weighted by Gasteiger charge is -2.28. The molecule has 18 heavy (non-hydrogen) atoms. The summed E-state index contributed by atoms with van der Waals surface area (Å²) in [6.07, 6.45) is 5.92. The summed E-state index contributed by atoms with van der Waals surface area (Å²) in [6, 6.07) is 8.38. The predicted molar refractivity (Wildman–Crippen MR) is 72.9 cm³/mol. The van der Waals surface area contributed by atoms with Crippen molar-refractivity contribution < 1.29 is 9.47 Å². The van der Waals surface area contributed by atoms with Crippen molar-refractivity contribution in [2.75, 3.05) is 13.7 Å². The Hall–Kier alpha value is -1.06. The molecule has 0 aromatic heterocycles. The SMILES string of the molecule is COc1ccc(CCOC2CCCCC2N)cc1. The Morgan fingerprint density at radius 2 is 1.89 bits per heavy atom. The van der Waals surface area contributed by atoms with Gasteiger partial charge in [-0.05, 0) is 37.0 Å². The molecular formula is C15H23NO2. The smallest absolute Gasteiger partial charge is 0.118 e. The van der Waals surface area contributed by atoms with Crippen LogP contribution in [0, 0.1) is 0 Å². The lowest BCUT2D eigenvalue weighted by molar-refractivity contribution is 0.0169. The average molecular weight is 249 g/mol. The summed E-state index contributed by atoms with van der Waals surface area (Å²) in [4.78, 5) is 0. The fourth-order valence-electron chi connectivity index (χ4n) is 2.45. The highest BCUT2D eigenvalue weighted by Crippen LogP contribution is 2.20. The first kappa shape index (κ1) is 13.4. The van der Waals surface area contributed by atoms with Crippen LogP contribution in [0.2, 0.25) is 0 Å². The Balaban J connectivity index is 1.73. The Labute approximate surface area is 109 Å². The van der Waals surface area contributed by atoms with E-state index >= 15 is 0 Å². The molecule has 0 amide bonds. The summed E-state index contributed by atoms with van der Waals surface area (Å²) in [5.74, 6) is 0.897. The minimum Gasteiger partial charge on any atom is -0.497 e. The molecule has 1 aromatic rings. The average Bonchev–Trinajstić information content (AvgIpc) is 2.42. The van der Waals surface area contributed by atoms with Gasteiger partial charge in [-0.15, -0.1) is 0 Å². The van der Waals surface area contributed by atoms with E-state index < -0.39 is 0 Å². The first-order chi connectivity index (χ1) is 8.79. The number of ether oxygens (including phenoxy) is 2. The van der Waals surface area contributed by atoms with E-state index in [4.69, 9.17) is 15.2 Å². The summed E-state index contributed by atoms with van der Waals surface area (Å²) in [7, 11) is 1.68. The van der Waals surface area contributed by atoms with E-state index in [1.165, 1.54) is 18.4 Å². The van der Waals surface area contributed by atoms with Crippen LogP contribution in [0.4, 0.5) is 0 Å². The van der Waals surface area contributed by atoms with Crippen LogP contribution in [0.3, 0.4) is 0 Å². The van der Waals surface area contributed by atoms with Gasteiger partial charge in [-0.1, -0.05) is 25.0 Å². The van der Waals surface area contributed by atoms with Gasteiger partial charge in [-0.2, -0.15) is 0 Å². The van der Waals surface area contributed by atoms with Crippen LogP contribution in [0.25, 0.3) is 0 Å². The van der Waals surface area contributed by atoms with Crippen LogP contribution in [-0.2, 0) is 11.2 Å². The van der Waals surface area contributed by atoms with Gasteiger partial charge >= 0.3 is 0 Å². The summed E-state index contributed by atoms with van der Waals surface area (Å²) in [5, 5.41) is 0. The quantitative estimate of drug-likeness (QED) is 0.872. The lowest BCUT2D eigenvalue weighted by Crippen LogP contribution is -2.39. The van der Waals surface area contributed by atoms with E-state index in [-0.39, 0.29) is 12.1 Å². The van der Waals surface area contributed by atoms with Crippen LogP contribution in [0.5, 0.6) is 5.75 Å². The number of nitrogens with two attached hydrogens (primary N) is 1. The molecule has 2 N–H and O–H groups in total. The summed E-state index contributed by atoms with van der Waals surface area (Å²) < 4.78 is 11.0. The highest BCUT2D eigenvalue weighted by molar-refractivity contribution is 5.27. The molecule has 1 aromatic carbocycles. The molecule has 0 radical (unpaired) electrons. The normalized spacial score (nSPS) is 23.9. The van der Waals surface area contributed by atoms with Crippen LogP contribution >= 0.6 is 0 Å². The molecule has 3 nitrogen and oxygen atoms in total. The van der Waals surface area contributed by atoms with Gasteiger partial charge in [0.25, 0.3) is 0 Å². The molecule has 1 saturated carbocycles. The second kappa shape index (κ2) is 6.76. The van der Waals surface area contributed by atoms with Crippen molar-refractivity contribution in [3.63, 3.8) is 0 Å². The Morgan fingerprint density at radius 3 is 2.56 bits per heavy atom. The zero-order valence-corrected chi connectivity index (χ0v) is 11.1. The number of rotatable bonds is 5. The fourth-order valence-corrected chi connectivity index (χ4v) is 2.45. The van der Waals surface area contributed by atoms with Gasteiger partial charge in [0.15, 0.2) is 0 Å². The molecule has 0 saturated heterocycles. The van der Waals surface area contributed by atoms with Crippen molar-refractivity contribution >= 4 is 0 Å². The summed E-state index contributed by atoms with van der Waals surface area (Å²) >= 11 is 0. The van der Waals surface area contributed by atoms with Crippen LogP contribution in [0.1, 0.15) is 31.2 Å². The molecule has 2 atom stereocenters. The molecule has 0 heterocycles. The summed E-state index contributed by atoms with van der Waals surface area (Å²) in [6.45, 7) is 0.755. The molecule has 0 aliphatic heterocycles. The molecule has 1 fully saturated rings. The Kier molecular flexibility index (Phi) is 5.02. The molecule has 0 bridgehead atoms. The maximum Gasteiger partial charge on any atom is 0.118 e. The topological polar surface area (TPSA) is 44.5 Å². The fraction of sp³-hybridized carbons (Fsp3) is 0.600. The number of benzene rings is 1. The molecule has 2 rings (SSSR count). The van der Waals surface area contributed by atoms with Crippen molar-refractivity contribution in [3.8, 4) is 5.75 Å². The van der Waals surface area contributed by atoms with Gasteiger partial charge in [-0.25, -0.2) is 0 Å². The molecule has 100 valence electrons. The number of hydrogen-bond donors (Lipinski definition) is 1. The van der Waals surface area contributed by atoms with Gasteiger partial charge in [0.1, 0.15) is 5.75 Å². The first-order valence-corrected chi connectivity index (χ1v) is 6.79. The van der Waals surface area contributed by atoms with E-state index in [1.807, 2.05) is 12.1 Å². The van der Waals surface area contributed by atoms with Crippen molar-refractivity contribution in [2.24, 2.45) is 5.73 Å². The van der Waals surface area contributed by atoms with Crippen molar-refractivity contribution in [2.45, 2.75) is 44.2 Å². The van der Waals surface area contributed by atoms with Crippen molar-refractivity contribution in [3.05, 3.63) is 29.8 Å². The molecule has 1 aliphatic carbocycles. The number of hydrogen-bond acceptors (Lipinski definition) is 3. The third-order valence-corrected chi connectivity index (χ3v) is 3.64. The molecular weight excluding hydrogens is 226 g/mol. The van der Waals surface area contributed by atoms with Crippen LogP contribution in [0.15, 0.2) is 24.3 Å². The van der Waals surface area contributed by atoms with Crippen molar-refractivity contribution in [1.29, 1.82) is 0 Å². The zero-order valence-electron chi connectivity index (χ0n) is 11.1. The van der Waals surface area contributed by atoms with E-state index in [0.717, 1.165) is 31.6 Å². The highest BCUT2D eigenvalue weighted by atomic mass is 16.5. The van der Waals surface area contributed by atoms with Crippen molar-refractivity contribution in [1.82, 2.24) is 0 Å². The Morgan fingerprint density at radius 1 is 1.17 bits per heavy atom. The minimum atomic E-state index is 0.231. The van der Waals surface area contributed by atoms with Gasteiger partial charge in [-0.3, -0.25) is 0 Å². The largest absolute Gasteiger partial charge is 0.497 e. The first-order valence-electron chi connectivity index (χ1n) is 6.79. The van der Waals surface area contributed by atoms with E-state index in [0.29, 0.717) is 0 Å². The highest BCUT2D eigenvalue weighted by Gasteiger charge is 2.21. The number of methoxy groups -OCH3 is 1. The van der Waals surface area contributed by atoms with Gasteiger partial charge < -0.3 is 15.2 Å². The maximum absolute atomic E-state index is 6.05. The van der Waals surface area contributed by atoms with E-state index in [9.17, 15) is 0 Å². The third kappa shape index (κ3) is 3.72. The second-order valence-corrected chi connectivity index (χ2v) is 4.96. The minimum absolute atomic E-state index is 0.231. The lowest BCUT2D eigenvalue weighted by atomic mass is 9.93. The van der Waals surface area contributed by atoms with Gasteiger partial charge in [0, 0.05) is 6.04 Å². The monoisotopic (exact) mass is 249 g/mol. The van der Waals surface area contributed by atoms with Crippen LogP contribution in [-0.4, -0.2) is 25.9 Å². The molecule has 2 unspecified atom stereocenters. The third-order valence-electron chi connectivity index (χ3n) is 3.64. The van der Waals surface area contributed by atoms with Gasteiger partial charge in [0.05, 0.1) is 19.8 Å². The standard InChI is InChI=1S/C15H23NO2/c1-17-13-8-6-12(7-9-13)10-11-18-15-5-3-2-4-14(15)16/h6-9,14-15H,2-5,10-11,16H2,1H3. The van der Waals surface area contributed by atoms with Gasteiger partial charge in [0.2, 0.25) is 0 Å². The predicted octanol–water partition coefficient (Wildman–Crippen LogP) is 2.52. The maximum atomic E-state index is 6.05. The molecule has 3 heteroatoms. The molecule has 1 aliphatic rings. The zero-order chi connectivity index (χ0) is 12.8. The summed E-state index contributed by atoms with van der Waals surface area (Å²) in [5.41, 5.74) is 7.33. The van der Waals surface area contributed by atoms with E-state index in [1.54, 1.807) is 7.11 Å². The van der Waals surface area contributed by atoms with Crippen LogP contribution < -0.4 is 10.5 Å². The van der Waals surface area contributed by atoms with E-state index in [2.05, 4.69) is 12.1 Å².